The summed E-state index contributed by atoms with van der Waals surface area (Å²) < 4.78 is 1.79. The molecule has 0 aliphatic carbocycles. The maximum Gasteiger partial charge on any atom is 0.234 e. The Kier molecular flexibility index (Phi) is 8.20. The van der Waals surface area contributed by atoms with Gasteiger partial charge in [-0.3, -0.25) is 9.59 Å². The van der Waals surface area contributed by atoms with Gasteiger partial charge < -0.3 is 15.2 Å². The summed E-state index contributed by atoms with van der Waals surface area (Å²) in [6.07, 6.45) is 0.00120. The smallest absolute Gasteiger partial charge is 0.234 e. The van der Waals surface area contributed by atoms with E-state index in [1.807, 2.05) is 6.92 Å². The quantitative estimate of drug-likeness (QED) is 0.418. The monoisotopic (exact) mass is 497 g/mol. The Morgan fingerprint density at radius 2 is 1.74 bits per heavy atom. The summed E-state index contributed by atoms with van der Waals surface area (Å²) in [7, 11) is 0. The highest BCUT2D eigenvalue weighted by Crippen LogP contribution is 2.29. The van der Waals surface area contributed by atoms with Gasteiger partial charge in [0.15, 0.2) is 5.16 Å². The fraction of sp³-hybridized carbons (Fsp3) is 0.200. The number of anilines is 2. The van der Waals surface area contributed by atoms with Crippen LogP contribution in [0.1, 0.15) is 12.7 Å². The average molecular weight is 499 g/mol. The van der Waals surface area contributed by atoms with Crippen LogP contribution in [0.4, 0.5) is 11.4 Å². The number of amides is 2. The Bertz CT molecular complexity index is 1090. The number of nitrogens with one attached hydrogen (secondary N) is 2. The minimum Gasteiger partial charge on any atom is -0.325 e. The molecule has 31 heavy (non-hydrogen) atoms. The predicted molar refractivity (Wildman–Crippen MR) is 125 cm³/mol. The molecule has 2 aromatic carbocycles. The van der Waals surface area contributed by atoms with Gasteiger partial charge in [-0.25, -0.2) is 0 Å². The van der Waals surface area contributed by atoms with Gasteiger partial charge in [-0.05, 0) is 43.3 Å². The summed E-state index contributed by atoms with van der Waals surface area (Å²) in [4.78, 5) is 24.6. The molecular weight excluding hydrogens is 481 g/mol. The summed E-state index contributed by atoms with van der Waals surface area (Å²) in [5.74, 6) is 0.139. The number of nitrogens with zero attached hydrogens (tertiary/aromatic N) is 3. The zero-order valence-electron chi connectivity index (χ0n) is 16.4. The molecule has 0 saturated heterocycles. The van der Waals surface area contributed by atoms with Gasteiger partial charge in [-0.2, -0.15) is 0 Å². The van der Waals surface area contributed by atoms with Crippen molar-refractivity contribution < 1.29 is 9.59 Å². The minimum atomic E-state index is -0.303. The van der Waals surface area contributed by atoms with E-state index in [1.165, 1.54) is 11.8 Å². The Hall–Kier alpha value is -2.26. The lowest BCUT2D eigenvalue weighted by atomic mass is 10.3. The fourth-order valence-electron chi connectivity index (χ4n) is 2.67. The molecule has 0 fully saturated rings. The van der Waals surface area contributed by atoms with Gasteiger partial charge in [0.2, 0.25) is 11.8 Å². The topological polar surface area (TPSA) is 88.9 Å². The lowest BCUT2D eigenvalue weighted by Crippen LogP contribution is -2.18. The second-order valence-electron chi connectivity index (χ2n) is 6.31. The first kappa shape index (κ1) is 23.4. The van der Waals surface area contributed by atoms with E-state index in [0.717, 1.165) is 0 Å². The molecule has 7 nitrogen and oxygen atoms in total. The zero-order chi connectivity index (χ0) is 22.4. The van der Waals surface area contributed by atoms with Crippen LogP contribution in [0.25, 0.3) is 0 Å². The predicted octanol–water partition coefficient (Wildman–Crippen LogP) is 5.17. The highest BCUT2D eigenvalue weighted by Gasteiger charge is 2.17. The van der Waals surface area contributed by atoms with E-state index in [9.17, 15) is 9.59 Å². The number of hydrogen-bond acceptors (Lipinski definition) is 5. The second kappa shape index (κ2) is 10.9. The van der Waals surface area contributed by atoms with Gasteiger partial charge in [0.25, 0.3) is 0 Å². The molecule has 1 heterocycles. The van der Waals surface area contributed by atoms with Crippen LogP contribution < -0.4 is 10.6 Å². The third kappa shape index (κ3) is 6.36. The van der Waals surface area contributed by atoms with Crippen molar-refractivity contribution in [3.63, 3.8) is 0 Å². The van der Waals surface area contributed by atoms with Crippen LogP contribution in [0.3, 0.4) is 0 Å². The van der Waals surface area contributed by atoms with Crippen molar-refractivity contribution in [1.29, 1.82) is 0 Å². The van der Waals surface area contributed by atoms with Crippen LogP contribution in [0.5, 0.6) is 0 Å². The van der Waals surface area contributed by atoms with E-state index >= 15 is 0 Å². The number of hydrogen-bond donors (Lipinski definition) is 2. The number of carbonyl (C=O) groups is 2. The first-order valence-corrected chi connectivity index (χ1v) is 11.3. The standard InChI is InChI=1S/C20H18Cl3N5O2S/c1-2-28-16(10-17(29)25-15-5-3-4-14(22)19(15)23)26-27-20(28)31-11-18(30)24-13-8-6-12(21)7-9-13/h3-9H,2,10-11H2,1H3,(H,24,30)(H,25,29). The normalized spacial score (nSPS) is 10.7. The van der Waals surface area contributed by atoms with E-state index in [2.05, 4.69) is 20.8 Å². The summed E-state index contributed by atoms with van der Waals surface area (Å²) in [5.41, 5.74) is 1.08. The van der Waals surface area contributed by atoms with Crippen LogP contribution >= 0.6 is 46.6 Å². The second-order valence-corrected chi connectivity index (χ2v) is 8.48. The van der Waals surface area contributed by atoms with Crippen molar-refractivity contribution in [1.82, 2.24) is 14.8 Å². The molecule has 2 N–H and O–H groups in total. The SMILES string of the molecule is CCn1c(CC(=O)Nc2cccc(Cl)c2Cl)nnc1SCC(=O)Nc1ccc(Cl)cc1. The number of thioether (sulfide) groups is 1. The molecule has 3 rings (SSSR count). The zero-order valence-corrected chi connectivity index (χ0v) is 19.4. The van der Waals surface area contributed by atoms with Gasteiger partial charge in [0, 0.05) is 17.3 Å². The number of rotatable bonds is 8. The van der Waals surface area contributed by atoms with Crippen LogP contribution in [-0.2, 0) is 22.6 Å². The molecule has 162 valence electrons. The van der Waals surface area contributed by atoms with E-state index in [4.69, 9.17) is 34.8 Å². The summed E-state index contributed by atoms with van der Waals surface area (Å²) in [5, 5.41) is 15.5. The van der Waals surface area contributed by atoms with Crippen molar-refractivity contribution >= 4 is 69.8 Å². The molecule has 0 aliphatic heterocycles. The van der Waals surface area contributed by atoms with Crippen LogP contribution in [-0.4, -0.2) is 32.3 Å². The maximum atomic E-state index is 12.4. The molecule has 0 spiro atoms. The van der Waals surface area contributed by atoms with Crippen molar-refractivity contribution in [3.05, 3.63) is 63.4 Å². The van der Waals surface area contributed by atoms with E-state index in [0.29, 0.717) is 38.9 Å². The maximum absolute atomic E-state index is 12.4. The number of aromatic nitrogens is 3. The molecular formula is C20H18Cl3N5O2S. The van der Waals surface area contributed by atoms with Crippen LogP contribution in [0.2, 0.25) is 15.1 Å². The number of carbonyl (C=O) groups excluding carboxylic acids is 2. The molecule has 0 bridgehead atoms. The van der Waals surface area contributed by atoms with Crippen LogP contribution in [0.15, 0.2) is 47.6 Å². The molecule has 0 atom stereocenters. The first-order chi connectivity index (χ1) is 14.9. The Labute approximate surface area is 198 Å². The molecule has 2 amide bonds. The summed E-state index contributed by atoms with van der Waals surface area (Å²) in [6, 6.07) is 11.8. The fourth-order valence-corrected chi connectivity index (χ4v) is 3.97. The Morgan fingerprint density at radius 1 is 1.00 bits per heavy atom. The summed E-state index contributed by atoms with van der Waals surface area (Å²) in [6.45, 7) is 2.46. The molecule has 1 aromatic heterocycles. The van der Waals surface area contributed by atoms with Crippen molar-refractivity contribution in [2.24, 2.45) is 0 Å². The lowest BCUT2D eigenvalue weighted by Gasteiger charge is -2.10. The third-order valence-corrected chi connectivity index (χ3v) is 6.15. The molecule has 11 heteroatoms. The summed E-state index contributed by atoms with van der Waals surface area (Å²) >= 11 is 19.2. The molecule has 0 aliphatic rings. The molecule has 3 aromatic rings. The average Bonchev–Trinajstić information content (AvgIpc) is 3.13. The van der Waals surface area contributed by atoms with Gasteiger partial charge in [0.1, 0.15) is 5.82 Å². The number of benzene rings is 2. The third-order valence-electron chi connectivity index (χ3n) is 4.11. The van der Waals surface area contributed by atoms with E-state index in [1.54, 1.807) is 47.0 Å². The highest BCUT2D eigenvalue weighted by molar-refractivity contribution is 7.99. The lowest BCUT2D eigenvalue weighted by molar-refractivity contribution is -0.116. The van der Waals surface area contributed by atoms with Gasteiger partial charge >= 0.3 is 0 Å². The molecule has 0 saturated carbocycles. The first-order valence-electron chi connectivity index (χ1n) is 9.21. The van der Waals surface area contributed by atoms with Crippen molar-refractivity contribution in [2.75, 3.05) is 16.4 Å². The van der Waals surface area contributed by atoms with Gasteiger partial charge in [-0.1, -0.05) is 52.6 Å². The largest absolute Gasteiger partial charge is 0.325 e. The van der Waals surface area contributed by atoms with Crippen LogP contribution in [0, 0.1) is 0 Å². The Balaban J connectivity index is 1.59. The molecule has 0 radical (unpaired) electrons. The minimum absolute atomic E-state index is 0.00120. The molecule has 0 unspecified atom stereocenters. The van der Waals surface area contributed by atoms with E-state index < -0.39 is 0 Å². The van der Waals surface area contributed by atoms with Crippen molar-refractivity contribution in [2.45, 2.75) is 25.0 Å². The highest BCUT2D eigenvalue weighted by atomic mass is 35.5. The Morgan fingerprint density at radius 3 is 2.45 bits per heavy atom. The van der Waals surface area contributed by atoms with E-state index in [-0.39, 0.29) is 29.0 Å². The van der Waals surface area contributed by atoms with Gasteiger partial charge in [-0.15, -0.1) is 10.2 Å². The number of halogens is 3. The van der Waals surface area contributed by atoms with Crippen molar-refractivity contribution in [3.8, 4) is 0 Å². The van der Waals surface area contributed by atoms with Gasteiger partial charge in [0.05, 0.1) is 27.9 Å².